The topological polar surface area (TPSA) is 52.9 Å². The van der Waals surface area contributed by atoms with Crippen LogP contribution in [-0.2, 0) is 0 Å². The van der Waals surface area contributed by atoms with Crippen molar-refractivity contribution in [1.82, 2.24) is 0 Å². The summed E-state index contributed by atoms with van der Waals surface area (Å²) in [7, 11) is 0. The number of benzene rings is 1. The van der Waals surface area contributed by atoms with E-state index >= 15 is 0 Å². The zero-order valence-electron chi connectivity index (χ0n) is 10.5. The van der Waals surface area contributed by atoms with Gasteiger partial charge in [0.15, 0.2) is 5.78 Å². The fourth-order valence-electron chi connectivity index (χ4n) is 1.51. The lowest BCUT2D eigenvalue weighted by molar-refractivity contribution is 0.101. The van der Waals surface area contributed by atoms with E-state index in [1.54, 1.807) is 13.0 Å². The van der Waals surface area contributed by atoms with E-state index in [0.717, 1.165) is 5.69 Å². The van der Waals surface area contributed by atoms with Gasteiger partial charge in [-0.05, 0) is 25.0 Å². The molecule has 0 aliphatic rings. The quantitative estimate of drug-likeness (QED) is 0.791. The van der Waals surface area contributed by atoms with Crippen LogP contribution in [0.3, 0.4) is 0 Å². The van der Waals surface area contributed by atoms with Gasteiger partial charge in [-0.1, -0.05) is 26.0 Å². The zero-order valence-corrected chi connectivity index (χ0v) is 10.5. The maximum absolute atomic E-state index is 11.2. The van der Waals surface area contributed by atoms with E-state index in [-0.39, 0.29) is 11.7 Å². The first-order valence-electron chi connectivity index (χ1n) is 5.79. The molecule has 0 aliphatic heterocycles. The number of Topliss-reactive ketones (excluding diaryl/α,β-unsaturated/α-hetero) is 1. The third kappa shape index (κ3) is 3.92. The van der Waals surface area contributed by atoms with Gasteiger partial charge in [-0.25, -0.2) is 0 Å². The van der Waals surface area contributed by atoms with Crippen LogP contribution in [0.15, 0.2) is 24.3 Å². The third-order valence-corrected chi connectivity index (χ3v) is 2.77. The number of hydrogen-bond acceptors (Lipinski definition) is 3. The molecule has 0 aromatic heterocycles. The molecule has 1 N–H and O–H groups in total. The molecule has 1 aromatic rings. The van der Waals surface area contributed by atoms with Gasteiger partial charge in [0.1, 0.15) is 0 Å². The van der Waals surface area contributed by atoms with Crippen LogP contribution in [0.2, 0.25) is 0 Å². The Morgan fingerprint density at radius 2 is 2.18 bits per heavy atom. The number of nitrogens with zero attached hydrogens (tertiary/aromatic N) is 1. The van der Waals surface area contributed by atoms with Crippen molar-refractivity contribution in [3.05, 3.63) is 29.8 Å². The molecular weight excluding hydrogens is 212 g/mol. The predicted octanol–water partition coefficient (Wildman–Crippen LogP) is 3.10. The second kappa shape index (κ2) is 6.05. The first kappa shape index (κ1) is 13.2. The number of carbonyl (C=O) groups is 1. The molecule has 0 bridgehead atoms. The van der Waals surface area contributed by atoms with Crippen molar-refractivity contribution in [2.75, 3.05) is 11.9 Å². The van der Waals surface area contributed by atoms with Gasteiger partial charge in [0.05, 0.1) is 12.0 Å². The highest BCUT2D eigenvalue weighted by atomic mass is 16.1. The monoisotopic (exact) mass is 230 g/mol. The van der Waals surface area contributed by atoms with Gasteiger partial charge in [-0.2, -0.15) is 5.26 Å². The lowest BCUT2D eigenvalue weighted by Crippen LogP contribution is -2.17. The SMILES string of the molecule is CC(=O)c1cccc(NCC(C#N)C(C)C)c1. The van der Waals surface area contributed by atoms with Crippen molar-refractivity contribution in [2.45, 2.75) is 20.8 Å². The number of ketones is 1. The molecule has 0 saturated heterocycles. The second-order valence-corrected chi connectivity index (χ2v) is 4.50. The Kier molecular flexibility index (Phi) is 4.71. The van der Waals surface area contributed by atoms with Crippen molar-refractivity contribution in [3.63, 3.8) is 0 Å². The van der Waals surface area contributed by atoms with Crippen LogP contribution in [-0.4, -0.2) is 12.3 Å². The molecule has 0 radical (unpaired) electrons. The van der Waals surface area contributed by atoms with Gasteiger partial charge in [0.25, 0.3) is 0 Å². The number of nitriles is 1. The summed E-state index contributed by atoms with van der Waals surface area (Å²) >= 11 is 0. The first-order chi connectivity index (χ1) is 8.04. The minimum atomic E-state index is -0.0176. The fourth-order valence-corrected chi connectivity index (χ4v) is 1.51. The van der Waals surface area contributed by atoms with Crippen LogP contribution in [0, 0.1) is 23.2 Å². The second-order valence-electron chi connectivity index (χ2n) is 4.50. The lowest BCUT2D eigenvalue weighted by Gasteiger charge is -2.14. The van der Waals surface area contributed by atoms with E-state index in [1.165, 1.54) is 0 Å². The van der Waals surface area contributed by atoms with E-state index in [9.17, 15) is 4.79 Å². The third-order valence-electron chi connectivity index (χ3n) is 2.77. The van der Waals surface area contributed by atoms with Crippen molar-refractivity contribution in [1.29, 1.82) is 5.26 Å². The summed E-state index contributed by atoms with van der Waals surface area (Å²) in [6, 6.07) is 9.63. The molecule has 0 aliphatic carbocycles. The molecule has 3 nitrogen and oxygen atoms in total. The van der Waals surface area contributed by atoms with Crippen LogP contribution in [0.4, 0.5) is 5.69 Å². The summed E-state index contributed by atoms with van der Waals surface area (Å²) in [6.07, 6.45) is 0. The summed E-state index contributed by atoms with van der Waals surface area (Å²) in [5, 5.41) is 12.2. The molecule has 1 unspecified atom stereocenters. The Morgan fingerprint density at radius 3 is 2.71 bits per heavy atom. The largest absolute Gasteiger partial charge is 0.384 e. The van der Waals surface area contributed by atoms with Crippen LogP contribution in [0.25, 0.3) is 0 Å². The van der Waals surface area contributed by atoms with Crippen molar-refractivity contribution in [2.24, 2.45) is 11.8 Å². The average molecular weight is 230 g/mol. The molecule has 1 aromatic carbocycles. The number of nitrogens with one attached hydrogen (secondary N) is 1. The molecule has 90 valence electrons. The Labute approximate surface area is 102 Å². The Hall–Kier alpha value is -1.82. The maximum atomic E-state index is 11.2. The average Bonchev–Trinajstić information content (AvgIpc) is 2.29. The highest BCUT2D eigenvalue weighted by Gasteiger charge is 2.11. The van der Waals surface area contributed by atoms with Crippen LogP contribution in [0.5, 0.6) is 0 Å². The van der Waals surface area contributed by atoms with Crippen molar-refractivity contribution < 1.29 is 4.79 Å². The van der Waals surface area contributed by atoms with Gasteiger partial charge in [-0.3, -0.25) is 4.79 Å². The van der Waals surface area contributed by atoms with Gasteiger partial charge in [-0.15, -0.1) is 0 Å². The molecule has 0 amide bonds. The zero-order chi connectivity index (χ0) is 12.8. The Balaban J connectivity index is 2.67. The summed E-state index contributed by atoms with van der Waals surface area (Å²) in [5.74, 6) is 0.355. The summed E-state index contributed by atoms with van der Waals surface area (Å²) in [6.45, 7) is 6.21. The highest BCUT2D eigenvalue weighted by Crippen LogP contribution is 2.14. The standard InChI is InChI=1S/C14H18N2O/c1-10(2)13(8-15)9-16-14-6-4-5-12(7-14)11(3)17/h4-7,10,13,16H,9H2,1-3H3. The summed E-state index contributed by atoms with van der Waals surface area (Å²) in [5.41, 5.74) is 1.58. The molecule has 17 heavy (non-hydrogen) atoms. The summed E-state index contributed by atoms with van der Waals surface area (Å²) in [4.78, 5) is 11.2. The number of rotatable bonds is 5. The Morgan fingerprint density at radius 1 is 1.47 bits per heavy atom. The smallest absolute Gasteiger partial charge is 0.159 e. The fraction of sp³-hybridized carbons (Fsp3) is 0.429. The predicted molar refractivity (Wildman–Crippen MR) is 68.9 cm³/mol. The molecule has 0 spiro atoms. The number of anilines is 1. The molecule has 1 atom stereocenters. The van der Waals surface area contributed by atoms with E-state index < -0.39 is 0 Å². The number of hydrogen-bond donors (Lipinski definition) is 1. The minimum absolute atomic E-state index is 0.0176. The lowest BCUT2D eigenvalue weighted by atomic mass is 9.97. The number of carbonyl (C=O) groups excluding carboxylic acids is 1. The Bertz CT molecular complexity index is 432. The van der Waals surface area contributed by atoms with Crippen molar-refractivity contribution >= 4 is 11.5 Å². The summed E-state index contributed by atoms with van der Waals surface area (Å²) < 4.78 is 0. The highest BCUT2D eigenvalue weighted by molar-refractivity contribution is 5.94. The minimum Gasteiger partial charge on any atom is -0.384 e. The maximum Gasteiger partial charge on any atom is 0.159 e. The van der Waals surface area contributed by atoms with Crippen LogP contribution in [0.1, 0.15) is 31.1 Å². The van der Waals surface area contributed by atoms with Gasteiger partial charge >= 0.3 is 0 Å². The first-order valence-corrected chi connectivity index (χ1v) is 5.79. The van der Waals surface area contributed by atoms with E-state index in [1.807, 2.05) is 32.0 Å². The molecule has 0 saturated carbocycles. The van der Waals surface area contributed by atoms with Gasteiger partial charge in [0.2, 0.25) is 0 Å². The molecule has 0 heterocycles. The van der Waals surface area contributed by atoms with Crippen LogP contribution < -0.4 is 5.32 Å². The van der Waals surface area contributed by atoms with E-state index in [0.29, 0.717) is 18.0 Å². The van der Waals surface area contributed by atoms with Crippen molar-refractivity contribution in [3.8, 4) is 6.07 Å². The van der Waals surface area contributed by atoms with Gasteiger partial charge in [0, 0.05) is 17.8 Å². The van der Waals surface area contributed by atoms with E-state index in [2.05, 4.69) is 11.4 Å². The molecule has 3 heteroatoms. The normalized spacial score (nSPS) is 11.9. The molecule has 0 fully saturated rings. The van der Waals surface area contributed by atoms with Crippen LogP contribution >= 0.6 is 0 Å². The molecular formula is C14H18N2O. The van der Waals surface area contributed by atoms with E-state index in [4.69, 9.17) is 5.26 Å². The van der Waals surface area contributed by atoms with Gasteiger partial charge < -0.3 is 5.32 Å². The molecule has 1 rings (SSSR count).